The number of methoxy groups -OCH3 is 1. The second kappa shape index (κ2) is 11.3. The topological polar surface area (TPSA) is 51.0 Å². The molecule has 1 N–H and O–H groups in total. The Balaban J connectivity index is 0.00000300. The molecule has 0 spiro atoms. The summed E-state index contributed by atoms with van der Waals surface area (Å²) in [5, 5.41) is 3.43. The molecule has 0 aliphatic heterocycles. The van der Waals surface area contributed by atoms with E-state index in [0.717, 1.165) is 42.4 Å². The molecule has 160 valence electrons. The van der Waals surface area contributed by atoms with Crippen molar-refractivity contribution in [2.75, 3.05) is 21.2 Å². The average molecular weight is 512 g/mol. The minimum absolute atomic E-state index is 0. The van der Waals surface area contributed by atoms with E-state index in [1.54, 1.807) is 7.11 Å². The summed E-state index contributed by atoms with van der Waals surface area (Å²) in [4.78, 5) is 6.52. The minimum atomic E-state index is 0. The van der Waals surface area contributed by atoms with Crippen LogP contribution in [0.1, 0.15) is 36.9 Å². The first-order valence-corrected chi connectivity index (χ1v) is 9.96. The molecule has 0 bridgehead atoms. The standard InChI is InChI=1S/C22H32N4O2.HI/c1-23-22(26(3)16-18-8-7-13-25(18)2)24-15-17-11-12-20(21(14-17)27-4)28-19-9-5-6-10-19;/h7-8,11-14,19H,5-6,9-10,15-16H2,1-4H3,(H,23,24);1H. The molecule has 6 nitrogen and oxygen atoms in total. The largest absolute Gasteiger partial charge is 0.493 e. The lowest BCUT2D eigenvalue weighted by molar-refractivity contribution is 0.200. The Labute approximate surface area is 191 Å². The van der Waals surface area contributed by atoms with Crippen molar-refractivity contribution < 1.29 is 9.47 Å². The third-order valence-electron chi connectivity index (χ3n) is 5.30. The van der Waals surface area contributed by atoms with Crippen LogP contribution >= 0.6 is 24.0 Å². The van der Waals surface area contributed by atoms with E-state index in [2.05, 4.69) is 51.2 Å². The highest BCUT2D eigenvalue weighted by Crippen LogP contribution is 2.32. The normalized spacial score (nSPS) is 14.4. The predicted octanol–water partition coefficient (Wildman–Crippen LogP) is 4.18. The van der Waals surface area contributed by atoms with E-state index < -0.39 is 0 Å². The number of aliphatic imine (C=N–C) groups is 1. The SMILES string of the molecule is CN=C(NCc1ccc(OC2CCCC2)c(OC)c1)N(C)Cc1cccn1C.I. The number of rotatable bonds is 7. The Morgan fingerprint density at radius 3 is 2.62 bits per heavy atom. The van der Waals surface area contributed by atoms with Crippen LogP contribution in [0, 0.1) is 0 Å². The predicted molar refractivity (Wildman–Crippen MR) is 128 cm³/mol. The Morgan fingerprint density at radius 2 is 2.00 bits per heavy atom. The van der Waals surface area contributed by atoms with E-state index in [1.807, 2.05) is 26.2 Å². The highest BCUT2D eigenvalue weighted by atomic mass is 127. The molecular weight excluding hydrogens is 479 g/mol. The first-order valence-electron chi connectivity index (χ1n) is 9.96. The zero-order valence-electron chi connectivity index (χ0n) is 17.9. The van der Waals surface area contributed by atoms with Gasteiger partial charge in [-0.25, -0.2) is 0 Å². The molecule has 1 aromatic carbocycles. The van der Waals surface area contributed by atoms with Crippen LogP contribution in [0.4, 0.5) is 0 Å². The molecule has 0 unspecified atom stereocenters. The van der Waals surface area contributed by atoms with Gasteiger partial charge >= 0.3 is 0 Å². The number of nitrogens with one attached hydrogen (secondary N) is 1. The molecule has 0 amide bonds. The van der Waals surface area contributed by atoms with Gasteiger partial charge in [-0.15, -0.1) is 24.0 Å². The van der Waals surface area contributed by atoms with Crippen LogP contribution in [0.15, 0.2) is 41.5 Å². The summed E-state index contributed by atoms with van der Waals surface area (Å²) in [5.74, 6) is 2.48. The van der Waals surface area contributed by atoms with E-state index in [0.29, 0.717) is 12.6 Å². The molecular formula is C22H33IN4O2. The number of hydrogen-bond acceptors (Lipinski definition) is 3. The molecule has 7 heteroatoms. The van der Waals surface area contributed by atoms with Gasteiger partial charge in [0.05, 0.1) is 19.8 Å². The number of benzene rings is 1. The fourth-order valence-electron chi connectivity index (χ4n) is 3.65. The molecule has 1 aliphatic carbocycles. The second-order valence-electron chi connectivity index (χ2n) is 7.38. The minimum Gasteiger partial charge on any atom is -0.493 e. The molecule has 1 fully saturated rings. The van der Waals surface area contributed by atoms with Gasteiger partial charge in [0.25, 0.3) is 0 Å². The quantitative estimate of drug-likeness (QED) is 0.344. The van der Waals surface area contributed by atoms with Crippen LogP contribution in [0.3, 0.4) is 0 Å². The van der Waals surface area contributed by atoms with E-state index in [4.69, 9.17) is 9.47 Å². The molecule has 2 aromatic rings. The van der Waals surface area contributed by atoms with Crippen molar-refractivity contribution in [3.8, 4) is 11.5 Å². The van der Waals surface area contributed by atoms with Gasteiger partial charge in [0, 0.05) is 39.6 Å². The van der Waals surface area contributed by atoms with Gasteiger partial charge in [-0.2, -0.15) is 0 Å². The molecule has 29 heavy (non-hydrogen) atoms. The molecule has 0 saturated heterocycles. The number of ether oxygens (including phenoxy) is 2. The maximum atomic E-state index is 6.13. The lowest BCUT2D eigenvalue weighted by Crippen LogP contribution is -2.38. The molecule has 0 atom stereocenters. The Bertz CT molecular complexity index is 800. The van der Waals surface area contributed by atoms with Crippen molar-refractivity contribution in [3.05, 3.63) is 47.8 Å². The van der Waals surface area contributed by atoms with Gasteiger partial charge in [0.1, 0.15) is 0 Å². The summed E-state index contributed by atoms with van der Waals surface area (Å²) < 4.78 is 13.8. The van der Waals surface area contributed by atoms with Gasteiger partial charge in [0.15, 0.2) is 17.5 Å². The zero-order chi connectivity index (χ0) is 19.9. The smallest absolute Gasteiger partial charge is 0.194 e. The van der Waals surface area contributed by atoms with Crippen LogP contribution in [0.25, 0.3) is 0 Å². The Kier molecular flexibility index (Phi) is 9.13. The zero-order valence-corrected chi connectivity index (χ0v) is 20.2. The molecule has 0 radical (unpaired) electrons. The van der Waals surface area contributed by atoms with E-state index >= 15 is 0 Å². The molecule has 1 heterocycles. The van der Waals surface area contributed by atoms with Gasteiger partial charge in [0.2, 0.25) is 0 Å². The number of hydrogen-bond donors (Lipinski definition) is 1. The van der Waals surface area contributed by atoms with Gasteiger partial charge in [-0.3, -0.25) is 4.99 Å². The van der Waals surface area contributed by atoms with E-state index in [9.17, 15) is 0 Å². The fraction of sp³-hybridized carbons (Fsp3) is 0.500. The summed E-state index contributed by atoms with van der Waals surface area (Å²) in [7, 11) is 7.60. The molecule has 1 aliphatic rings. The third-order valence-corrected chi connectivity index (χ3v) is 5.30. The highest BCUT2D eigenvalue weighted by Gasteiger charge is 2.18. The van der Waals surface area contributed by atoms with Gasteiger partial charge in [-0.1, -0.05) is 6.07 Å². The first-order chi connectivity index (χ1) is 13.6. The van der Waals surface area contributed by atoms with Crippen molar-refractivity contribution in [1.29, 1.82) is 0 Å². The van der Waals surface area contributed by atoms with Crippen molar-refractivity contribution >= 4 is 29.9 Å². The number of aromatic nitrogens is 1. The van der Waals surface area contributed by atoms with Crippen LogP contribution in [0.2, 0.25) is 0 Å². The maximum Gasteiger partial charge on any atom is 0.194 e. The van der Waals surface area contributed by atoms with Crippen molar-refractivity contribution in [1.82, 2.24) is 14.8 Å². The van der Waals surface area contributed by atoms with Gasteiger partial charge in [-0.05, 0) is 55.5 Å². The number of halogens is 1. The third kappa shape index (κ3) is 6.29. The van der Waals surface area contributed by atoms with Gasteiger partial charge < -0.3 is 24.3 Å². The summed E-state index contributed by atoms with van der Waals surface area (Å²) in [6, 6.07) is 10.3. The lowest BCUT2D eigenvalue weighted by Gasteiger charge is -2.23. The van der Waals surface area contributed by atoms with Crippen LogP contribution in [-0.4, -0.2) is 42.7 Å². The van der Waals surface area contributed by atoms with Crippen molar-refractivity contribution in [2.45, 2.75) is 44.9 Å². The fourth-order valence-corrected chi connectivity index (χ4v) is 3.65. The lowest BCUT2D eigenvalue weighted by atomic mass is 10.2. The van der Waals surface area contributed by atoms with E-state index in [1.165, 1.54) is 18.5 Å². The number of guanidine groups is 1. The average Bonchev–Trinajstić information content (AvgIpc) is 3.35. The second-order valence-corrected chi connectivity index (χ2v) is 7.38. The summed E-state index contributed by atoms with van der Waals surface area (Å²) in [6.45, 7) is 1.46. The Hall–Kier alpha value is -1.90. The summed E-state index contributed by atoms with van der Waals surface area (Å²) in [6.07, 6.45) is 7.16. The molecule has 3 rings (SSSR count). The highest BCUT2D eigenvalue weighted by molar-refractivity contribution is 14.0. The van der Waals surface area contributed by atoms with Crippen LogP contribution < -0.4 is 14.8 Å². The monoisotopic (exact) mass is 512 g/mol. The molecule has 1 saturated carbocycles. The molecule has 1 aromatic heterocycles. The van der Waals surface area contributed by atoms with Crippen molar-refractivity contribution in [2.24, 2.45) is 12.0 Å². The van der Waals surface area contributed by atoms with Crippen LogP contribution in [0.5, 0.6) is 11.5 Å². The van der Waals surface area contributed by atoms with Crippen molar-refractivity contribution in [3.63, 3.8) is 0 Å². The Morgan fingerprint density at radius 1 is 1.24 bits per heavy atom. The van der Waals surface area contributed by atoms with Crippen LogP contribution in [-0.2, 0) is 20.1 Å². The first kappa shape index (κ1) is 23.4. The van der Waals surface area contributed by atoms with E-state index in [-0.39, 0.29) is 24.0 Å². The summed E-state index contributed by atoms with van der Waals surface area (Å²) >= 11 is 0. The summed E-state index contributed by atoms with van der Waals surface area (Å²) in [5.41, 5.74) is 2.37. The maximum absolute atomic E-state index is 6.13. The number of aryl methyl sites for hydroxylation is 1. The number of nitrogens with zero attached hydrogens (tertiary/aromatic N) is 3.